The van der Waals surface area contributed by atoms with Gasteiger partial charge in [-0.15, -0.1) is 0 Å². The second kappa shape index (κ2) is 5.97. The number of aromatic hydroxyl groups is 1. The summed E-state index contributed by atoms with van der Waals surface area (Å²) in [5.41, 5.74) is 2.77. The fourth-order valence-corrected chi connectivity index (χ4v) is 5.54. The van der Waals surface area contributed by atoms with Crippen molar-refractivity contribution in [2.24, 2.45) is 5.41 Å². The maximum atomic E-state index is 10.5. The van der Waals surface area contributed by atoms with E-state index in [1.165, 1.54) is 63.4 Å². The SMILES string of the molecule is CC1(C)CCCC2(CCc3cc(O)c(C4CCCCC4)cc3O2)C1. The average Bonchev–Trinajstić information content (AvgIpc) is 2.54. The van der Waals surface area contributed by atoms with Crippen LogP contribution in [-0.2, 0) is 6.42 Å². The Balaban J connectivity index is 1.62. The van der Waals surface area contributed by atoms with Gasteiger partial charge in [0, 0.05) is 5.56 Å². The lowest BCUT2D eigenvalue weighted by Gasteiger charge is -2.47. The van der Waals surface area contributed by atoms with E-state index in [2.05, 4.69) is 19.9 Å². The molecule has 0 aromatic heterocycles. The minimum Gasteiger partial charge on any atom is -0.508 e. The van der Waals surface area contributed by atoms with Crippen LogP contribution >= 0.6 is 0 Å². The highest BCUT2D eigenvalue weighted by Crippen LogP contribution is 2.50. The van der Waals surface area contributed by atoms with Crippen LogP contribution in [0.2, 0.25) is 0 Å². The fourth-order valence-electron chi connectivity index (χ4n) is 5.54. The second-order valence-corrected chi connectivity index (χ2v) is 9.33. The van der Waals surface area contributed by atoms with Gasteiger partial charge in [-0.05, 0) is 80.4 Å². The summed E-state index contributed by atoms with van der Waals surface area (Å²) in [6, 6.07) is 4.20. The summed E-state index contributed by atoms with van der Waals surface area (Å²) in [4.78, 5) is 0. The summed E-state index contributed by atoms with van der Waals surface area (Å²) in [6.45, 7) is 4.77. The maximum absolute atomic E-state index is 10.5. The molecule has 2 saturated carbocycles. The summed E-state index contributed by atoms with van der Waals surface area (Å²) in [5.74, 6) is 2.09. The quantitative estimate of drug-likeness (QED) is 0.674. The van der Waals surface area contributed by atoms with Gasteiger partial charge >= 0.3 is 0 Å². The van der Waals surface area contributed by atoms with Gasteiger partial charge in [0.2, 0.25) is 0 Å². The van der Waals surface area contributed by atoms with Crippen molar-refractivity contribution in [2.75, 3.05) is 0 Å². The third-order valence-electron chi connectivity index (χ3n) is 6.72. The first-order valence-electron chi connectivity index (χ1n) is 10.0. The van der Waals surface area contributed by atoms with Gasteiger partial charge in [0.1, 0.15) is 17.1 Å². The second-order valence-electron chi connectivity index (χ2n) is 9.33. The number of ether oxygens (including phenoxy) is 1. The monoisotopic (exact) mass is 328 g/mol. The zero-order valence-electron chi connectivity index (χ0n) is 15.4. The van der Waals surface area contributed by atoms with Gasteiger partial charge < -0.3 is 9.84 Å². The van der Waals surface area contributed by atoms with E-state index in [9.17, 15) is 5.11 Å². The molecule has 0 saturated heterocycles. The lowest BCUT2D eigenvalue weighted by Crippen LogP contribution is -2.46. The van der Waals surface area contributed by atoms with Crippen LogP contribution in [0.25, 0.3) is 0 Å². The molecule has 2 fully saturated rings. The van der Waals surface area contributed by atoms with E-state index in [1.54, 1.807) is 0 Å². The summed E-state index contributed by atoms with van der Waals surface area (Å²) < 4.78 is 6.67. The van der Waals surface area contributed by atoms with E-state index >= 15 is 0 Å². The Kier molecular flexibility index (Phi) is 4.05. The summed E-state index contributed by atoms with van der Waals surface area (Å²) in [6.07, 6.45) is 13.4. The Bertz CT molecular complexity index is 613. The molecule has 0 bridgehead atoms. The van der Waals surface area contributed by atoms with Crippen molar-refractivity contribution in [3.8, 4) is 11.5 Å². The Morgan fingerprint density at radius 2 is 1.79 bits per heavy atom. The predicted octanol–water partition coefficient (Wildman–Crippen LogP) is 6.10. The summed E-state index contributed by atoms with van der Waals surface area (Å²) in [7, 11) is 0. The molecule has 1 spiro atoms. The third kappa shape index (κ3) is 3.05. The zero-order valence-corrected chi connectivity index (χ0v) is 15.4. The molecule has 0 amide bonds. The smallest absolute Gasteiger partial charge is 0.123 e. The minimum absolute atomic E-state index is 0.0373. The molecule has 1 unspecified atom stereocenters. The normalized spacial score (nSPS) is 29.9. The molecule has 0 radical (unpaired) electrons. The molecule has 1 atom stereocenters. The summed E-state index contributed by atoms with van der Waals surface area (Å²) in [5, 5.41) is 10.5. The highest BCUT2D eigenvalue weighted by molar-refractivity contribution is 5.49. The van der Waals surface area contributed by atoms with E-state index < -0.39 is 0 Å². The van der Waals surface area contributed by atoms with Crippen molar-refractivity contribution in [1.82, 2.24) is 0 Å². The van der Waals surface area contributed by atoms with E-state index in [0.29, 0.717) is 17.1 Å². The molecule has 1 aromatic rings. The molecule has 2 heteroatoms. The van der Waals surface area contributed by atoms with Crippen LogP contribution in [0, 0.1) is 5.41 Å². The lowest BCUT2D eigenvalue weighted by atomic mass is 9.67. The maximum Gasteiger partial charge on any atom is 0.123 e. The molecule has 4 rings (SSSR count). The first-order chi connectivity index (χ1) is 11.5. The Hall–Kier alpha value is -1.18. The Morgan fingerprint density at radius 1 is 1.00 bits per heavy atom. The number of hydrogen-bond acceptors (Lipinski definition) is 2. The van der Waals surface area contributed by atoms with Crippen LogP contribution in [0.15, 0.2) is 12.1 Å². The van der Waals surface area contributed by atoms with Crippen molar-refractivity contribution in [3.05, 3.63) is 23.3 Å². The Labute approximate surface area is 146 Å². The van der Waals surface area contributed by atoms with Crippen LogP contribution in [0.3, 0.4) is 0 Å². The number of benzene rings is 1. The average molecular weight is 328 g/mol. The molecular formula is C22H32O2. The topological polar surface area (TPSA) is 29.5 Å². The number of phenols is 1. The van der Waals surface area contributed by atoms with Crippen molar-refractivity contribution < 1.29 is 9.84 Å². The predicted molar refractivity (Wildman–Crippen MR) is 97.9 cm³/mol. The van der Waals surface area contributed by atoms with E-state index in [-0.39, 0.29) is 5.60 Å². The number of rotatable bonds is 1. The molecule has 132 valence electrons. The van der Waals surface area contributed by atoms with Crippen molar-refractivity contribution >= 4 is 0 Å². The van der Waals surface area contributed by atoms with Crippen molar-refractivity contribution in [1.29, 1.82) is 0 Å². The van der Waals surface area contributed by atoms with Gasteiger partial charge in [0.05, 0.1) is 0 Å². The number of fused-ring (bicyclic) bond motifs is 1. The minimum atomic E-state index is 0.0373. The molecular weight excluding hydrogens is 296 g/mol. The molecule has 1 aliphatic heterocycles. The number of phenolic OH excluding ortho intramolecular Hbond substituents is 1. The molecule has 2 aliphatic carbocycles. The van der Waals surface area contributed by atoms with Gasteiger partial charge in [-0.3, -0.25) is 0 Å². The molecule has 2 nitrogen and oxygen atoms in total. The Morgan fingerprint density at radius 3 is 2.54 bits per heavy atom. The van der Waals surface area contributed by atoms with Crippen molar-refractivity contribution in [3.63, 3.8) is 0 Å². The highest BCUT2D eigenvalue weighted by Gasteiger charge is 2.44. The standard InChI is InChI=1S/C22H32O2/c1-21(2)10-6-11-22(15-21)12-9-17-13-19(23)18(14-20(17)24-22)16-7-4-3-5-8-16/h13-14,16,23H,3-12,15H2,1-2H3. The van der Waals surface area contributed by atoms with Gasteiger partial charge in [-0.2, -0.15) is 0 Å². The van der Waals surface area contributed by atoms with Crippen LogP contribution in [0.1, 0.15) is 95.1 Å². The fraction of sp³-hybridized carbons (Fsp3) is 0.727. The highest BCUT2D eigenvalue weighted by atomic mass is 16.5. The van der Waals surface area contributed by atoms with Crippen LogP contribution in [0.5, 0.6) is 11.5 Å². The number of aryl methyl sites for hydroxylation is 1. The van der Waals surface area contributed by atoms with E-state index in [4.69, 9.17) is 4.74 Å². The van der Waals surface area contributed by atoms with E-state index in [0.717, 1.165) is 24.2 Å². The third-order valence-corrected chi connectivity index (χ3v) is 6.72. The zero-order chi connectivity index (χ0) is 16.8. The van der Waals surface area contributed by atoms with Gasteiger partial charge in [-0.25, -0.2) is 0 Å². The summed E-state index contributed by atoms with van der Waals surface area (Å²) >= 11 is 0. The van der Waals surface area contributed by atoms with Crippen LogP contribution in [0.4, 0.5) is 0 Å². The first kappa shape index (κ1) is 16.3. The number of hydrogen-bond donors (Lipinski definition) is 1. The lowest BCUT2D eigenvalue weighted by molar-refractivity contribution is -0.0319. The van der Waals surface area contributed by atoms with E-state index in [1.807, 2.05) is 6.07 Å². The molecule has 3 aliphatic rings. The van der Waals surface area contributed by atoms with Gasteiger partial charge in [0.15, 0.2) is 0 Å². The molecule has 1 aromatic carbocycles. The molecule has 1 N–H and O–H groups in total. The van der Waals surface area contributed by atoms with Crippen LogP contribution < -0.4 is 4.74 Å². The van der Waals surface area contributed by atoms with Crippen molar-refractivity contribution in [2.45, 2.75) is 96.0 Å². The molecule has 1 heterocycles. The molecule has 24 heavy (non-hydrogen) atoms. The first-order valence-corrected chi connectivity index (χ1v) is 10.0. The van der Waals surface area contributed by atoms with Gasteiger partial charge in [-0.1, -0.05) is 33.1 Å². The van der Waals surface area contributed by atoms with Gasteiger partial charge in [0.25, 0.3) is 0 Å². The largest absolute Gasteiger partial charge is 0.508 e. The van der Waals surface area contributed by atoms with Crippen LogP contribution in [-0.4, -0.2) is 10.7 Å².